The molecule has 0 radical (unpaired) electrons. The minimum absolute atomic E-state index is 0.0296. The minimum Gasteiger partial charge on any atom is -0.295 e. The maximum atomic E-state index is 12.0. The van der Waals surface area contributed by atoms with Crippen LogP contribution in [0.4, 0.5) is 0 Å². The molecule has 3 aliphatic carbocycles. The largest absolute Gasteiger partial charge is 0.295 e. The number of ketones is 1. The number of allylic oxidation sites excluding steroid dienone is 3. The van der Waals surface area contributed by atoms with Crippen molar-refractivity contribution >= 4 is 11.7 Å². The van der Waals surface area contributed by atoms with Crippen LogP contribution in [0.1, 0.15) is 47.0 Å². The molecule has 96 valence electrons. The number of carbonyl (C=O) groups excluding carboxylic acids is 2. The van der Waals surface area contributed by atoms with Crippen LogP contribution in [0.15, 0.2) is 17.2 Å². The molecule has 2 fully saturated rings. The Bertz CT molecular complexity index is 529. The summed E-state index contributed by atoms with van der Waals surface area (Å²) in [5, 5.41) is 0. The smallest absolute Gasteiger partial charge is 0.156 e. The molecule has 3 aliphatic rings. The maximum Gasteiger partial charge on any atom is 0.156 e. The summed E-state index contributed by atoms with van der Waals surface area (Å²) in [6.07, 6.45) is 4.33. The van der Waals surface area contributed by atoms with E-state index in [0.29, 0.717) is 6.42 Å². The number of rotatable bonds is 0. The highest BCUT2D eigenvalue weighted by molar-refractivity contribution is 5.93. The number of hydrogen-bond acceptors (Lipinski definition) is 2. The summed E-state index contributed by atoms with van der Waals surface area (Å²) in [4.78, 5) is 23.2. The summed E-state index contributed by atoms with van der Waals surface area (Å²) in [5.41, 5.74) is 2.17. The van der Waals surface area contributed by atoms with Crippen LogP contribution in [0.3, 0.4) is 0 Å². The molecule has 0 heterocycles. The van der Waals surface area contributed by atoms with Crippen molar-refractivity contribution in [1.82, 2.24) is 0 Å². The van der Waals surface area contributed by atoms with E-state index in [1.54, 1.807) is 0 Å². The second-order valence-corrected chi connectivity index (χ2v) is 7.45. The third-order valence-corrected chi connectivity index (χ3v) is 5.89. The molecule has 3 rings (SSSR count). The van der Waals surface area contributed by atoms with E-state index in [0.717, 1.165) is 18.4 Å². The average molecular weight is 244 g/mol. The Morgan fingerprint density at radius 1 is 1.22 bits per heavy atom. The molecule has 0 saturated heterocycles. The van der Waals surface area contributed by atoms with E-state index in [1.807, 2.05) is 6.08 Å². The molecule has 0 aliphatic heterocycles. The molecular weight excluding hydrogens is 224 g/mol. The number of fused-ring (bicyclic) bond motifs is 1. The van der Waals surface area contributed by atoms with Crippen LogP contribution in [-0.4, -0.2) is 11.7 Å². The van der Waals surface area contributed by atoms with Crippen molar-refractivity contribution in [3.63, 3.8) is 0 Å². The molecule has 2 heteroatoms. The SMILES string of the molecule is CC1(C)C2=CC(=O)CC(C)(C)[C@]23CC(=C=O)[C@H]1C3. The lowest BCUT2D eigenvalue weighted by Gasteiger charge is -2.50. The van der Waals surface area contributed by atoms with Gasteiger partial charge in [0, 0.05) is 23.3 Å². The molecule has 0 aromatic rings. The molecule has 0 N–H and O–H groups in total. The summed E-state index contributed by atoms with van der Waals surface area (Å²) in [5.74, 6) is 2.71. The van der Waals surface area contributed by atoms with Gasteiger partial charge in [-0.2, -0.15) is 0 Å². The lowest BCUT2D eigenvalue weighted by molar-refractivity contribution is -0.119. The van der Waals surface area contributed by atoms with Crippen molar-refractivity contribution in [3.8, 4) is 0 Å². The topological polar surface area (TPSA) is 34.1 Å². The Hall–Kier alpha value is -1.14. The van der Waals surface area contributed by atoms with Crippen molar-refractivity contribution < 1.29 is 9.59 Å². The van der Waals surface area contributed by atoms with Crippen LogP contribution in [0.5, 0.6) is 0 Å². The van der Waals surface area contributed by atoms with E-state index in [2.05, 4.69) is 33.6 Å². The average Bonchev–Trinajstić information content (AvgIpc) is 2.72. The molecule has 0 aromatic heterocycles. The summed E-state index contributed by atoms with van der Waals surface area (Å²) in [6, 6.07) is 0. The molecule has 0 amide bonds. The van der Waals surface area contributed by atoms with Gasteiger partial charge < -0.3 is 0 Å². The van der Waals surface area contributed by atoms with Gasteiger partial charge in [0.25, 0.3) is 0 Å². The Kier molecular flexibility index (Phi) is 2.02. The third-order valence-electron chi connectivity index (χ3n) is 5.89. The minimum atomic E-state index is -0.0572. The first-order chi connectivity index (χ1) is 8.24. The van der Waals surface area contributed by atoms with Crippen molar-refractivity contribution in [2.24, 2.45) is 22.2 Å². The quantitative estimate of drug-likeness (QED) is 0.614. The van der Waals surface area contributed by atoms with Gasteiger partial charge in [-0.25, -0.2) is 4.79 Å². The second-order valence-electron chi connectivity index (χ2n) is 7.45. The van der Waals surface area contributed by atoms with Crippen molar-refractivity contribution in [1.29, 1.82) is 0 Å². The molecule has 0 aromatic carbocycles. The predicted octanol–water partition coefficient (Wildman–Crippen LogP) is 3.11. The molecule has 2 nitrogen and oxygen atoms in total. The predicted molar refractivity (Wildman–Crippen MR) is 69.6 cm³/mol. The van der Waals surface area contributed by atoms with Crippen LogP contribution in [0, 0.1) is 22.2 Å². The molecule has 18 heavy (non-hydrogen) atoms. The molecule has 1 spiro atoms. The Balaban J connectivity index is 2.27. The standard InChI is InChI=1S/C16H20O2/c1-14(2)7-11(18)5-13-15(3,4)12-8-16(13,14)6-10(12)9-17/h5,12H,6-8H2,1-4H3/t12-,16+/m1/s1. The lowest BCUT2D eigenvalue weighted by Crippen LogP contribution is -2.44. The highest BCUT2D eigenvalue weighted by Crippen LogP contribution is 2.74. The third kappa shape index (κ3) is 1.10. The van der Waals surface area contributed by atoms with Crippen LogP contribution in [0.2, 0.25) is 0 Å². The summed E-state index contributed by atoms with van der Waals surface area (Å²) in [6.45, 7) is 8.72. The van der Waals surface area contributed by atoms with Gasteiger partial charge in [0.2, 0.25) is 0 Å². The lowest BCUT2D eigenvalue weighted by atomic mass is 9.53. The van der Waals surface area contributed by atoms with Crippen LogP contribution < -0.4 is 0 Å². The van der Waals surface area contributed by atoms with E-state index < -0.39 is 0 Å². The van der Waals surface area contributed by atoms with Gasteiger partial charge in [0.1, 0.15) is 5.94 Å². The molecule has 2 saturated carbocycles. The van der Waals surface area contributed by atoms with E-state index in [4.69, 9.17) is 0 Å². The fraction of sp³-hybridized carbons (Fsp3) is 0.688. The fourth-order valence-corrected chi connectivity index (χ4v) is 4.82. The van der Waals surface area contributed by atoms with E-state index in [9.17, 15) is 9.59 Å². The van der Waals surface area contributed by atoms with E-state index >= 15 is 0 Å². The van der Waals surface area contributed by atoms with Crippen LogP contribution in [-0.2, 0) is 9.59 Å². The fourth-order valence-electron chi connectivity index (χ4n) is 4.82. The van der Waals surface area contributed by atoms with E-state index in [1.165, 1.54) is 5.57 Å². The Labute approximate surface area is 108 Å². The van der Waals surface area contributed by atoms with Gasteiger partial charge in [0.05, 0.1) is 0 Å². The summed E-state index contributed by atoms with van der Waals surface area (Å²) >= 11 is 0. The van der Waals surface area contributed by atoms with Gasteiger partial charge in [-0.3, -0.25) is 4.79 Å². The van der Waals surface area contributed by atoms with Crippen LogP contribution in [0.25, 0.3) is 0 Å². The second kappa shape index (κ2) is 3.05. The van der Waals surface area contributed by atoms with Gasteiger partial charge >= 0.3 is 0 Å². The first-order valence-electron chi connectivity index (χ1n) is 6.74. The molecule has 0 unspecified atom stereocenters. The van der Waals surface area contributed by atoms with Crippen molar-refractivity contribution in [2.45, 2.75) is 47.0 Å². The van der Waals surface area contributed by atoms with E-state index in [-0.39, 0.29) is 27.9 Å². The Morgan fingerprint density at radius 3 is 2.50 bits per heavy atom. The van der Waals surface area contributed by atoms with Crippen molar-refractivity contribution in [2.75, 3.05) is 0 Å². The zero-order valence-corrected chi connectivity index (χ0v) is 11.6. The zero-order valence-electron chi connectivity index (χ0n) is 11.6. The summed E-state index contributed by atoms with van der Waals surface area (Å²) in [7, 11) is 0. The zero-order chi connectivity index (χ0) is 13.3. The molecule has 2 bridgehead atoms. The highest BCUT2D eigenvalue weighted by Gasteiger charge is 2.67. The normalized spacial score (nSPS) is 39.3. The number of hydrogen-bond donors (Lipinski definition) is 0. The van der Waals surface area contributed by atoms with Gasteiger partial charge in [0.15, 0.2) is 5.78 Å². The first-order valence-corrected chi connectivity index (χ1v) is 6.74. The first kappa shape index (κ1) is 11.9. The Morgan fingerprint density at radius 2 is 1.89 bits per heavy atom. The van der Waals surface area contributed by atoms with Crippen molar-refractivity contribution in [3.05, 3.63) is 17.2 Å². The monoisotopic (exact) mass is 244 g/mol. The number of carbonyl (C=O) groups is 1. The molecule has 2 atom stereocenters. The summed E-state index contributed by atoms with van der Waals surface area (Å²) < 4.78 is 0. The maximum absolute atomic E-state index is 12.0. The molecular formula is C16H20O2. The van der Waals surface area contributed by atoms with Gasteiger partial charge in [-0.1, -0.05) is 33.3 Å². The van der Waals surface area contributed by atoms with Crippen LogP contribution >= 0.6 is 0 Å². The highest BCUT2D eigenvalue weighted by atomic mass is 16.1. The van der Waals surface area contributed by atoms with Gasteiger partial charge in [-0.15, -0.1) is 0 Å². The van der Waals surface area contributed by atoms with Gasteiger partial charge in [-0.05, 0) is 29.7 Å².